The normalized spacial score (nSPS) is 10.9. The Morgan fingerprint density at radius 3 is 1.65 bits per heavy atom. The Morgan fingerprint density at radius 1 is 0.476 bits per heavy atom. The molecule has 0 aromatic heterocycles. The zero-order valence-corrected chi connectivity index (χ0v) is 35.8. The summed E-state index contributed by atoms with van der Waals surface area (Å²) in [6.45, 7) is 4.25. The van der Waals surface area contributed by atoms with E-state index in [4.69, 9.17) is 4.74 Å². The zero-order chi connectivity index (χ0) is 43.1. The zero-order valence-electron chi connectivity index (χ0n) is 35.8. The van der Waals surface area contributed by atoms with Gasteiger partial charge in [0.2, 0.25) is 0 Å². The maximum Gasteiger partial charge on any atom is 0.123 e. The van der Waals surface area contributed by atoms with Gasteiger partial charge >= 0.3 is 0 Å². The van der Waals surface area contributed by atoms with Crippen LogP contribution in [0.1, 0.15) is 55.6 Å². The summed E-state index contributed by atoms with van der Waals surface area (Å²) in [4.78, 5) is 2.34. The minimum Gasteiger partial charge on any atom is -0.497 e. The van der Waals surface area contributed by atoms with Crippen molar-refractivity contribution in [3.63, 3.8) is 0 Å². The highest BCUT2D eigenvalue weighted by Crippen LogP contribution is 2.43. The van der Waals surface area contributed by atoms with Gasteiger partial charge in [0.25, 0.3) is 0 Å². The van der Waals surface area contributed by atoms with Crippen LogP contribution in [0.3, 0.4) is 0 Å². The Kier molecular flexibility index (Phi) is 11.9. The largest absolute Gasteiger partial charge is 0.497 e. The van der Waals surface area contributed by atoms with Crippen molar-refractivity contribution >= 4 is 51.1 Å². The van der Waals surface area contributed by atoms with E-state index < -0.39 is 0 Å². The number of nitrogens with zero attached hydrogens (tertiary/aromatic N) is 1. The summed E-state index contributed by atoms with van der Waals surface area (Å²) in [5, 5.41) is 2.24. The number of hydrogen-bond acceptors (Lipinski definition) is 2. The molecule has 2 nitrogen and oxygen atoms in total. The fourth-order valence-electron chi connectivity index (χ4n) is 8.37. The Balaban J connectivity index is 1.26. The van der Waals surface area contributed by atoms with E-state index in [1.807, 2.05) is 30.3 Å². The lowest BCUT2D eigenvalue weighted by molar-refractivity contribution is 0.415. The predicted octanol–water partition coefficient (Wildman–Crippen LogP) is 15.8. The summed E-state index contributed by atoms with van der Waals surface area (Å²) < 4.78 is 20.3. The van der Waals surface area contributed by atoms with E-state index in [2.05, 4.69) is 195 Å². The van der Waals surface area contributed by atoms with Crippen LogP contribution in [0.2, 0.25) is 0 Å². The smallest absolute Gasteiger partial charge is 0.123 e. The van der Waals surface area contributed by atoms with Crippen molar-refractivity contribution in [1.29, 1.82) is 0 Å². The van der Waals surface area contributed by atoms with E-state index in [1.165, 1.54) is 28.3 Å². The first kappa shape index (κ1) is 40.6. The van der Waals surface area contributed by atoms with Crippen LogP contribution < -0.4 is 9.64 Å². The van der Waals surface area contributed by atoms with E-state index in [1.54, 1.807) is 19.2 Å². The molecule has 0 fully saturated rings. The average Bonchev–Trinajstić information content (AvgIpc) is 3.32. The second kappa shape index (κ2) is 18.5. The molecule has 9 rings (SSSR count). The van der Waals surface area contributed by atoms with Crippen LogP contribution in [0.15, 0.2) is 212 Å². The Bertz CT molecular complexity index is 2970. The predicted molar refractivity (Wildman–Crippen MR) is 264 cm³/mol. The summed E-state index contributed by atoms with van der Waals surface area (Å²) in [5.41, 5.74) is 16.4. The first-order chi connectivity index (χ1) is 30.9. The number of fused-ring (bicyclic) bond motifs is 1. The molecule has 0 radical (unpaired) electrons. The van der Waals surface area contributed by atoms with Gasteiger partial charge in [-0.1, -0.05) is 169 Å². The van der Waals surface area contributed by atoms with Crippen LogP contribution in [0.25, 0.3) is 34.1 Å². The maximum atomic E-state index is 14.7. The van der Waals surface area contributed by atoms with Gasteiger partial charge in [0.05, 0.1) is 12.8 Å². The average molecular weight is 818 g/mol. The molecule has 0 atom stereocenters. The third-order valence-electron chi connectivity index (χ3n) is 11.6. The van der Waals surface area contributed by atoms with Gasteiger partial charge < -0.3 is 9.64 Å². The van der Waals surface area contributed by atoms with Gasteiger partial charge in [-0.05, 0) is 148 Å². The molecule has 0 heterocycles. The number of aryl methyl sites for hydroxylation is 2. The van der Waals surface area contributed by atoms with Crippen LogP contribution in [0, 0.1) is 19.7 Å². The summed E-state index contributed by atoms with van der Waals surface area (Å²) in [7, 11) is 1.69. The second-order valence-corrected chi connectivity index (χ2v) is 16.1. The summed E-state index contributed by atoms with van der Waals surface area (Å²) >= 11 is 0. The van der Waals surface area contributed by atoms with Crippen molar-refractivity contribution < 1.29 is 9.13 Å². The van der Waals surface area contributed by atoms with Crippen LogP contribution >= 0.6 is 0 Å². The lowest BCUT2D eigenvalue weighted by Gasteiger charge is -2.28. The van der Waals surface area contributed by atoms with E-state index in [0.29, 0.717) is 6.42 Å². The van der Waals surface area contributed by atoms with Crippen molar-refractivity contribution in [2.45, 2.75) is 20.3 Å². The van der Waals surface area contributed by atoms with Gasteiger partial charge in [-0.2, -0.15) is 0 Å². The van der Waals surface area contributed by atoms with Gasteiger partial charge in [-0.15, -0.1) is 0 Å². The van der Waals surface area contributed by atoms with Crippen LogP contribution in [0.4, 0.5) is 21.5 Å². The third-order valence-corrected chi connectivity index (χ3v) is 11.6. The lowest BCUT2D eigenvalue weighted by atomic mass is 9.92. The molecule has 9 aromatic rings. The number of halogens is 1. The molecule has 63 heavy (non-hydrogen) atoms. The Morgan fingerprint density at radius 2 is 1.05 bits per heavy atom. The SMILES string of the molecule is COc1ccc(N(c2cc(C=C(c3ccccc3)c3ccccc3)cc(Cc3cccc(F)c3)c2)c2ccc(C=C(c3ccc(C)cc3)c3ccc(C)cc3)c3ccccc23)cc1. The van der Waals surface area contributed by atoms with E-state index in [-0.39, 0.29) is 5.82 Å². The highest BCUT2D eigenvalue weighted by Gasteiger charge is 2.19. The third kappa shape index (κ3) is 9.29. The van der Waals surface area contributed by atoms with Gasteiger partial charge in [0.1, 0.15) is 11.6 Å². The number of hydrogen-bond donors (Lipinski definition) is 0. The van der Waals surface area contributed by atoms with Gasteiger partial charge in [-0.3, -0.25) is 0 Å². The van der Waals surface area contributed by atoms with Crippen LogP contribution in [-0.4, -0.2) is 7.11 Å². The van der Waals surface area contributed by atoms with Crippen LogP contribution in [-0.2, 0) is 6.42 Å². The summed E-state index contributed by atoms with van der Waals surface area (Å²) in [5.74, 6) is 0.537. The van der Waals surface area contributed by atoms with Gasteiger partial charge in [-0.25, -0.2) is 4.39 Å². The Labute approximate surface area is 370 Å². The molecule has 0 N–H and O–H groups in total. The first-order valence-corrected chi connectivity index (χ1v) is 21.4. The molecule has 0 bridgehead atoms. The number of rotatable bonds is 12. The molecule has 0 amide bonds. The molecule has 3 heteroatoms. The first-order valence-electron chi connectivity index (χ1n) is 21.4. The van der Waals surface area contributed by atoms with E-state index in [0.717, 1.165) is 78.1 Å². The summed E-state index contributed by atoms with van der Waals surface area (Å²) in [6.07, 6.45) is 5.16. The molecule has 9 aromatic carbocycles. The molecule has 0 saturated carbocycles. The molecule has 0 unspecified atom stereocenters. The minimum atomic E-state index is -0.243. The molecular formula is C60H48FNO. The molecule has 0 saturated heterocycles. The molecule has 0 aliphatic rings. The monoisotopic (exact) mass is 817 g/mol. The van der Waals surface area contributed by atoms with Gasteiger partial charge in [0.15, 0.2) is 0 Å². The van der Waals surface area contributed by atoms with Crippen molar-refractivity contribution in [3.8, 4) is 5.75 Å². The fourth-order valence-corrected chi connectivity index (χ4v) is 8.37. The van der Waals surface area contributed by atoms with Gasteiger partial charge in [0, 0.05) is 16.8 Å². The quantitative estimate of drug-likeness (QED) is 0.114. The van der Waals surface area contributed by atoms with Crippen molar-refractivity contribution in [3.05, 3.63) is 274 Å². The van der Waals surface area contributed by atoms with Crippen LogP contribution in [0.5, 0.6) is 5.75 Å². The Hall–Kier alpha value is -7.75. The standard InChI is InChI=1S/C60H48FNO/c1-42-21-25-49(26-22-42)59(50-27-23-43(2)24-28-50)41-51-29-34-60(57-20-11-10-19-56(51)57)62(53-30-32-55(63-3)33-31-53)54-38-45(35-44-13-12-18-52(61)37-44)36-46(39-54)40-58(47-14-6-4-7-15-47)48-16-8-5-9-17-48/h4-34,36-41H,35H2,1-3H3. The topological polar surface area (TPSA) is 12.5 Å². The molecule has 0 aliphatic carbocycles. The number of methoxy groups -OCH3 is 1. The second-order valence-electron chi connectivity index (χ2n) is 16.1. The molecule has 306 valence electrons. The van der Waals surface area contributed by atoms with E-state index in [9.17, 15) is 4.39 Å². The number of benzene rings is 9. The summed E-state index contributed by atoms with van der Waals surface area (Å²) in [6, 6.07) is 73.7. The fraction of sp³-hybridized carbons (Fsp3) is 0.0667. The maximum absolute atomic E-state index is 14.7. The highest BCUT2D eigenvalue weighted by atomic mass is 19.1. The number of anilines is 3. The molecule has 0 spiro atoms. The lowest BCUT2D eigenvalue weighted by Crippen LogP contribution is -2.11. The van der Waals surface area contributed by atoms with Crippen molar-refractivity contribution in [1.82, 2.24) is 0 Å². The van der Waals surface area contributed by atoms with E-state index >= 15 is 0 Å². The minimum absolute atomic E-state index is 0.243. The highest BCUT2D eigenvalue weighted by molar-refractivity contribution is 6.06. The van der Waals surface area contributed by atoms with Crippen molar-refractivity contribution in [2.24, 2.45) is 0 Å². The number of ether oxygens (including phenoxy) is 1. The molecule has 0 aliphatic heterocycles. The van der Waals surface area contributed by atoms with Crippen molar-refractivity contribution in [2.75, 3.05) is 12.0 Å². The molecular weight excluding hydrogens is 770 g/mol.